The number of nitrogens with zero attached hydrogens (tertiary/aromatic N) is 1. The number of rotatable bonds is 4. The molecule has 0 aliphatic carbocycles. The van der Waals surface area contributed by atoms with E-state index in [1.54, 1.807) is 6.26 Å². The Morgan fingerprint density at radius 2 is 2.47 bits per heavy atom. The maximum Gasteiger partial charge on any atom is 0.223 e. The van der Waals surface area contributed by atoms with Crippen LogP contribution in [0.25, 0.3) is 0 Å². The van der Waals surface area contributed by atoms with Crippen LogP contribution in [0.4, 0.5) is 0 Å². The molecule has 1 amide bonds. The summed E-state index contributed by atoms with van der Waals surface area (Å²) in [5.74, 6) is 1.77. The Hall–Kier alpha value is -0.770. The normalized spacial score (nSPS) is 20.5. The predicted molar refractivity (Wildman–Crippen MR) is 70.1 cm³/mol. The quantitative estimate of drug-likeness (QED) is 0.801. The van der Waals surface area contributed by atoms with Gasteiger partial charge in [-0.05, 0) is 30.9 Å². The summed E-state index contributed by atoms with van der Waals surface area (Å²) in [4.78, 5) is 14.0. The number of hydrogen-bond acceptors (Lipinski definition) is 2. The largest absolute Gasteiger partial charge is 0.469 e. The first kappa shape index (κ1) is 12.7. The number of alkyl halides is 1. The van der Waals surface area contributed by atoms with Gasteiger partial charge in [0.1, 0.15) is 5.76 Å². The molecular formula is C13H18BrNO2. The Balaban J connectivity index is 1.79. The van der Waals surface area contributed by atoms with Crippen molar-refractivity contribution in [3.63, 3.8) is 0 Å². The number of furan rings is 1. The fraction of sp³-hybridized carbons (Fsp3) is 0.615. The van der Waals surface area contributed by atoms with Crippen molar-refractivity contribution in [3.05, 3.63) is 24.2 Å². The Morgan fingerprint density at radius 3 is 3.18 bits per heavy atom. The Morgan fingerprint density at radius 1 is 1.59 bits per heavy atom. The highest BCUT2D eigenvalue weighted by molar-refractivity contribution is 9.09. The van der Waals surface area contributed by atoms with Crippen molar-refractivity contribution < 1.29 is 9.21 Å². The highest BCUT2D eigenvalue weighted by Crippen LogP contribution is 2.19. The fourth-order valence-electron chi connectivity index (χ4n) is 2.26. The third-order valence-corrected chi connectivity index (χ3v) is 4.17. The van der Waals surface area contributed by atoms with Crippen molar-refractivity contribution in [3.8, 4) is 0 Å². The van der Waals surface area contributed by atoms with Gasteiger partial charge < -0.3 is 9.32 Å². The molecule has 1 atom stereocenters. The van der Waals surface area contributed by atoms with Crippen molar-refractivity contribution in [1.82, 2.24) is 4.90 Å². The molecule has 17 heavy (non-hydrogen) atoms. The van der Waals surface area contributed by atoms with Gasteiger partial charge >= 0.3 is 0 Å². The van der Waals surface area contributed by atoms with Gasteiger partial charge in [-0.15, -0.1) is 0 Å². The van der Waals surface area contributed by atoms with Crippen molar-refractivity contribution in [2.75, 3.05) is 18.4 Å². The molecule has 1 aromatic heterocycles. The molecular weight excluding hydrogens is 282 g/mol. The predicted octanol–water partition coefficient (Wildman–Crippen LogP) is 2.85. The van der Waals surface area contributed by atoms with Gasteiger partial charge in [-0.25, -0.2) is 0 Å². The minimum atomic E-state index is 0.257. The number of carbonyl (C=O) groups is 1. The summed E-state index contributed by atoms with van der Waals surface area (Å²) >= 11 is 3.51. The van der Waals surface area contributed by atoms with Gasteiger partial charge in [-0.3, -0.25) is 4.79 Å². The van der Waals surface area contributed by atoms with E-state index >= 15 is 0 Å². The summed E-state index contributed by atoms with van der Waals surface area (Å²) < 4.78 is 5.24. The maximum atomic E-state index is 12.0. The Labute approximate surface area is 110 Å². The molecule has 0 saturated carbocycles. The molecule has 0 aromatic carbocycles. The second-order valence-corrected chi connectivity index (χ2v) is 5.23. The number of carbonyl (C=O) groups excluding carboxylic acids is 1. The van der Waals surface area contributed by atoms with Crippen LogP contribution in [0.15, 0.2) is 22.8 Å². The summed E-state index contributed by atoms with van der Waals surface area (Å²) in [6.07, 6.45) is 5.28. The van der Waals surface area contributed by atoms with Gasteiger partial charge in [0.2, 0.25) is 5.91 Å². The molecule has 4 heteroatoms. The van der Waals surface area contributed by atoms with Crippen LogP contribution >= 0.6 is 15.9 Å². The number of halogens is 1. The molecule has 3 nitrogen and oxygen atoms in total. The van der Waals surface area contributed by atoms with Crippen LogP contribution < -0.4 is 0 Å². The van der Waals surface area contributed by atoms with E-state index < -0.39 is 0 Å². The zero-order chi connectivity index (χ0) is 12.1. The molecule has 1 saturated heterocycles. The lowest BCUT2D eigenvalue weighted by molar-refractivity contribution is -0.132. The number of hydrogen-bond donors (Lipinski definition) is 0. The molecule has 0 spiro atoms. The van der Waals surface area contributed by atoms with Gasteiger partial charge in [0.25, 0.3) is 0 Å². The topological polar surface area (TPSA) is 33.5 Å². The third-order valence-electron chi connectivity index (χ3n) is 3.26. The second kappa shape index (κ2) is 6.24. The highest BCUT2D eigenvalue weighted by atomic mass is 79.9. The molecule has 0 N–H and O–H groups in total. The van der Waals surface area contributed by atoms with Crippen molar-refractivity contribution in [2.45, 2.75) is 25.7 Å². The standard InChI is InChI=1S/C13H18BrNO2/c14-9-11-3-1-7-15(10-11)13(16)6-5-12-4-2-8-17-12/h2,4,8,11H,1,3,5-7,9-10H2. The van der Waals surface area contributed by atoms with Crippen LogP contribution in [0.1, 0.15) is 25.0 Å². The smallest absolute Gasteiger partial charge is 0.223 e. The molecule has 1 unspecified atom stereocenters. The van der Waals surface area contributed by atoms with E-state index in [9.17, 15) is 4.79 Å². The van der Waals surface area contributed by atoms with Gasteiger partial charge in [-0.2, -0.15) is 0 Å². The fourth-order valence-corrected chi connectivity index (χ4v) is 2.79. The molecule has 1 fully saturated rings. The third kappa shape index (κ3) is 3.60. The lowest BCUT2D eigenvalue weighted by Gasteiger charge is -2.32. The van der Waals surface area contributed by atoms with Gasteiger partial charge in [-0.1, -0.05) is 15.9 Å². The van der Waals surface area contributed by atoms with Crippen LogP contribution in [0.3, 0.4) is 0 Å². The Bertz CT molecular complexity index is 350. The molecule has 2 heterocycles. The number of aryl methyl sites for hydroxylation is 1. The average Bonchev–Trinajstić information content (AvgIpc) is 2.89. The molecule has 0 bridgehead atoms. The van der Waals surface area contributed by atoms with E-state index in [0.717, 1.165) is 30.6 Å². The zero-order valence-corrected chi connectivity index (χ0v) is 11.5. The van der Waals surface area contributed by atoms with Crippen LogP contribution in [0, 0.1) is 5.92 Å². The van der Waals surface area contributed by atoms with Crippen LogP contribution in [-0.2, 0) is 11.2 Å². The molecule has 94 valence electrons. The molecule has 1 aliphatic heterocycles. The van der Waals surface area contributed by atoms with E-state index in [4.69, 9.17) is 4.42 Å². The van der Waals surface area contributed by atoms with E-state index in [1.165, 1.54) is 6.42 Å². The minimum absolute atomic E-state index is 0.257. The van der Waals surface area contributed by atoms with Gasteiger partial charge in [0.15, 0.2) is 0 Å². The maximum absolute atomic E-state index is 12.0. The van der Waals surface area contributed by atoms with E-state index in [2.05, 4.69) is 15.9 Å². The van der Waals surface area contributed by atoms with E-state index in [0.29, 0.717) is 18.8 Å². The first-order valence-electron chi connectivity index (χ1n) is 6.15. The monoisotopic (exact) mass is 299 g/mol. The highest BCUT2D eigenvalue weighted by Gasteiger charge is 2.22. The van der Waals surface area contributed by atoms with Crippen LogP contribution in [0.5, 0.6) is 0 Å². The molecule has 1 aromatic rings. The summed E-state index contributed by atoms with van der Waals surface area (Å²) in [7, 11) is 0. The molecule has 1 aliphatic rings. The number of likely N-dealkylation sites (tertiary alicyclic amines) is 1. The first-order valence-corrected chi connectivity index (χ1v) is 7.28. The average molecular weight is 300 g/mol. The summed E-state index contributed by atoms with van der Waals surface area (Å²) in [5, 5.41) is 0.995. The lowest BCUT2D eigenvalue weighted by Crippen LogP contribution is -2.40. The Kier molecular flexibility index (Phi) is 4.66. The second-order valence-electron chi connectivity index (χ2n) is 4.58. The summed E-state index contributed by atoms with van der Waals surface area (Å²) in [5.41, 5.74) is 0. The molecule has 2 rings (SSSR count). The minimum Gasteiger partial charge on any atom is -0.469 e. The van der Waals surface area contributed by atoms with Crippen molar-refractivity contribution in [2.24, 2.45) is 5.92 Å². The molecule has 0 radical (unpaired) electrons. The zero-order valence-electron chi connectivity index (χ0n) is 9.90. The van der Waals surface area contributed by atoms with Crippen LogP contribution in [0.2, 0.25) is 0 Å². The summed E-state index contributed by atoms with van der Waals surface area (Å²) in [6, 6.07) is 3.78. The van der Waals surface area contributed by atoms with Crippen molar-refractivity contribution >= 4 is 21.8 Å². The number of amides is 1. The van der Waals surface area contributed by atoms with Crippen LogP contribution in [-0.4, -0.2) is 29.2 Å². The van der Waals surface area contributed by atoms with E-state index in [1.807, 2.05) is 17.0 Å². The van der Waals surface area contributed by atoms with E-state index in [-0.39, 0.29) is 5.91 Å². The summed E-state index contributed by atoms with van der Waals surface area (Å²) in [6.45, 7) is 1.82. The van der Waals surface area contributed by atoms with Gasteiger partial charge in [0.05, 0.1) is 6.26 Å². The van der Waals surface area contributed by atoms with Crippen molar-refractivity contribution in [1.29, 1.82) is 0 Å². The lowest BCUT2D eigenvalue weighted by atomic mass is 10.00. The van der Waals surface area contributed by atoms with Gasteiger partial charge in [0, 0.05) is 31.3 Å². The first-order chi connectivity index (χ1) is 8.29. The SMILES string of the molecule is O=C(CCc1ccco1)N1CCCC(CBr)C1. The number of piperidine rings is 1.